The Morgan fingerprint density at radius 1 is 1.00 bits per heavy atom. The number of hydrogen-bond donors (Lipinski definition) is 0. The Hall–Kier alpha value is -2.67. The van der Waals surface area contributed by atoms with E-state index in [1.165, 1.54) is 0 Å². The molecule has 102 valence electrons. The Bertz CT molecular complexity index is 610. The molecule has 4 heteroatoms. The van der Waals surface area contributed by atoms with E-state index in [9.17, 15) is 0 Å². The molecule has 0 bridgehead atoms. The van der Waals surface area contributed by atoms with E-state index >= 15 is 0 Å². The van der Waals surface area contributed by atoms with E-state index in [0.29, 0.717) is 29.4 Å². The molecule has 0 unspecified atom stereocenters. The lowest BCUT2D eigenvalue weighted by molar-refractivity contribution is 0.266. The molecule has 2 rings (SSSR count). The molecule has 0 saturated carbocycles. The Labute approximate surface area is 118 Å². The van der Waals surface area contributed by atoms with Gasteiger partial charge in [0.2, 0.25) is 5.75 Å². The smallest absolute Gasteiger partial charge is 0.203 e. The molecule has 20 heavy (non-hydrogen) atoms. The van der Waals surface area contributed by atoms with Gasteiger partial charge < -0.3 is 14.2 Å². The Kier molecular flexibility index (Phi) is 4.46. The minimum atomic E-state index is 0.340. The third-order valence-corrected chi connectivity index (χ3v) is 2.82. The summed E-state index contributed by atoms with van der Waals surface area (Å²) in [5.41, 5.74) is 1.52. The molecule has 0 radical (unpaired) electrons. The molecule has 0 N–H and O–H groups in total. The zero-order valence-corrected chi connectivity index (χ0v) is 11.4. The summed E-state index contributed by atoms with van der Waals surface area (Å²) in [4.78, 5) is 0. The summed E-state index contributed by atoms with van der Waals surface area (Å²) in [7, 11) is 3.16. The van der Waals surface area contributed by atoms with E-state index in [-0.39, 0.29) is 0 Å². The van der Waals surface area contributed by atoms with Gasteiger partial charge in [-0.15, -0.1) is 0 Å². The molecule has 0 amide bonds. The van der Waals surface area contributed by atoms with E-state index in [2.05, 4.69) is 6.07 Å². The zero-order chi connectivity index (χ0) is 14.4. The second-order valence-corrected chi connectivity index (χ2v) is 4.09. The maximum Gasteiger partial charge on any atom is 0.203 e. The fourth-order valence-electron chi connectivity index (χ4n) is 1.85. The normalized spacial score (nSPS) is 9.65. The van der Waals surface area contributed by atoms with E-state index in [1.54, 1.807) is 26.4 Å². The quantitative estimate of drug-likeness (QED) is 0.836. The van der Waals surface area contributed by atoms with Crippen LogP contribution in [0, 0.1) is 11.3 Å². The van der Waals surface area contributed by atoms with Crippen molar-refractivity contribution >= 4 is 0 Å². The van der Waals surface area contributed by atoms with Gasteiger partial charge in [-0.3, -0.25) is 0 Å². The van der Waals surface area contributed by atoms with Crippen molar-refractivity contribution in [1.29, 1.82) is 5.26 Å². The lowest BCUT2D eigenvalue weighted by Crippen LogP contribution is -2.00. The van der Waals surface area contributed by atoms with Gasteiger partial charge in [0, 0.05) is 0 Å². The maximum atomic E-state index is 8.88. The van der Waals surface area contributed by atoms with Gasteiger partial charge in [0.25, 0.3) is 0 Å². The number of methoxy groups -OCH3 is 2. The first-order chi connectivity index (χ1) is 9.78. The van der Waals surface area contributed by atoms with Crippen LogP contribution in [0.15, 0.2) is 42.5 Å². The van der Waals surface area contributed by atoms with Crippen LogP contribution in [0.4, 0.5) is 0 Å². The summed E-state index contributed by atoms with van der Waals surface area (Å²) in [5, 5.41) is 8.88. The highest BCUT2D eigenvalue weighted by Crippen LogP contribution is 2.37. The summed E-state index contributed by atoms with van der Waals surface area (Å²) in [5.74, 6) is 1.78. The van der Waals surface area contributed by atoms with Crippen LogP contribution in [0.2, 0.25) is 0 Å². The van der Waals surface area contributed by atoms with Crippen molar-refractivity contribution in [3.63, 3.8) is 0 Å². The molecule has 0 aliphatic rings. The minimum Gasteiger partial charge on any atom is -0.493 e. The summed E-state index contributed by atoms with van der Waals surface area (Å²) >= 11 is 0. The molecule has 0 heterocycles. The van der Waals surface area contributed by atoms with Crippen LogP contribution in [-0.2, 0) is 6.61 Å². The summed E-state index contributed by atoms with van der Waals surface area (Å²) < 4.78 is 16.3. The van der Waals surface area contributed by atoms with Crippen molar-refractivity contribution < 1.29 is 14.2 Å². The fourth-order valence-corrected chi connectivity index (χ4v) is 1.85. The van der Waals surface area contributed by atoms with Gasteiger partial charge in [-0.05, 0) is 29.8 Å². The first-order valence-electron chi connectivity index (χ1n) is 6.11. The van der Waals surface area contributed by atoms with Crippen LogP contribution in [-0.4, -0.2) is 14.2 Å². The Morgan fingerprint density at radius 2 is 1.65 bits per heavy atom. The summed E-state index contributed by atoms with van der Waals surface area (Å²) in [6.45, 7) is 0.340. The van der Waals surface area contributed by atoms with Crippen molar-refractivity contribution in [2.75, 3.05) is 14.2 Å². The lowest BCUT2D eigenvalue weighted by atomic mass is 10.1. The van der Waals surface area contributed by atoms with Gasteiger partial charge >= 0.3 is 0 Å². The van der Waals surface area contributed by atoms with E-state index in [1.807, 2.05) is 30.3 Å². The summed E-state index contributed by atoms with van der Waals surface area (Å²) in [6.07, 6.45) is 0. The molecule has 2 aromatic carbocycles. The number of ether oxygens (including phenoxy) is 3. The number of nitriles is 1. The van der Waals surface area contributed by atoms with Crippen molar-refractivity contribution in [1.82, 2.24) is 0 Å². The van der Waals surface area contributed by atoms with Crippen LogP contribution in [0.25, 0.3) is 0 Å². The average Bonchev–Trinajstić information content (AvgIpc) is 2.52. The van der Waals surface area contributed by atoms with Gasteiger partial charge in [-0.1, -0.05) is 18.2 Å². The first-order valence-corrected chi connectivity index (χ1v) is 6.11. The van der Waals surface area contributed by atoms with Crippen LogP contribution >= 0.6 is 0 Å². The monoisotopic (exact) mass is 269 g/mol. The van der Waals surface area contributed by atoms with Gasteiger partial charge in [0.05, 0.1) is 25.9 Å². The summed E-state index contributed by atoms with van der Waals surface area (Å²) in [6, 6.07) is 14.8. The molecule has 0 spiro atoms. The molecular weight excluding hydrogens is 254 g/mol. The Morgan fingerprint density at radius 3 is 2.25 bits per heavy atom. The molecule has 0 aliphatic heterocycles. The molecule has 2 aromatic rings. The molecule has 0 atom stereocenters. The second-order valence-electron chi connectivity index (χ2n) is 4.09. The minimum absolute atomic E-state index is 0.340. The van der Waals surface area contributed by atoms with Gasteiger partial charge in [-0.25, -0.2) is 0 Å². The highest BCUT2D eigenvalue weighted by molar-refractivity contribution is 5.51. The highest BCUT2D eigenvalue weighted by Gasteiger charge is 2.11. The third kappa shape index (κ3) is 3.01. The number of hydrogen-bond acceptors (Lipinski definition) is 4. The predicted octanol–water partition coefficient (Wildman–Crippen LogP) is 3.15. The molecule has 0 aromatic heterocycles. The first kappa shape index (κ1) is 13.8. The van der Waals surface area contributed by atoms with Crippen molar-refractivity contribution in [3.05, 3.63) is 53.6 Å². The molecule has 0 saturated heterocycles. The van der Waals surface area contributed by atoms with Gasteiger partial charge in [0.1, 0.15) is 6.61 Å². The topological polar surface area (TPSA) is 51.5 Å². The van der Waals surface area contributed by atoms with Crippen LogP contribution in [0.3, 0.4) is 0 Å². The Balaban J connectivity index is 2.20. The number of rotatable bonds is 5. The zero-order valence-electron chi connectivity index (χ0n) is 11.4. The fraction of sp³-hybridized carbons (Fsp3) is 0.188. The standard InChI is InChI=1S/C16H15NO3/c1-18-14-7-4-8-15(19-2)16(14)20-11-13-6-3-5-12(9-13)10-17/h3-9H,11H2,1-2H3. The van der Waals surface area contributed by atoms with Crippen molar-refractivity contribution in [2.45, 2.75) is 6.61 Å². The third-order valence-electron chi connectivity index (χ3n) is 2.82. The van der Waals surface area contributed by atoms with E-state index < -0.39 is 0 Å². The molecule has 4 nitrogen and oxygen atoms in total. The molecular formula is C16H15NO3. The molecule has 0 fully saturated rings. The van der Waals surface area contributed by atoms with Gasteiger partial charge in [-0.2, -0.15) is 5.26 Å². The van der Waals surface area contributed by atoms with E-state index in [0.717, 1.165) is 5.56 Å². The lowest BCUT2D eigenvalue weighted by Gasteiger charge is -2.14. The average molecular weight is 269 g/mol. The van der Waals surface area contributed by atoms with E-state index in [4.69, 9.17) is 19.5 Å². The van der Waals surface area contributed by atoms with Crippen LogP contribution in [0.5, 0.6) is 17.2 Å². The van der Waals surface area contributed by atoms with Crippen molar-refractivity contribution in [3.8, 4) is 23.3 Å². The number of benzene rings is 2. The van der Waals surface area contributed by atoms with Crippen LogP contribution < -0.4 is 14.2 Å². The molecule has 0 aliphatic carbocycles. The SMILES string of the molecule is COc1cccc(OC)c1OCc1cccc(C#N)c1. The highest BCUT2D eigenvalue weighted by atomic mass is 16.5. The van der Waals surface area contributed by atoms with Crippen molar-refractivity contribution in [2.24, 2.45) is 0 Å². The largest absolute Gasteiger partial charge is 0.493 e. The maximum absolute atomic E-state index is 8.88. The second kappa shape index (κ2) is 6.48. The number of para-hydroxylation sites is 1. The van der Waals surface area contributed by atoms with Crippen LogP contribution in [0.1, 0.15) is 11.1 Å². The number of nitrogens with zero attached hydrogens (tertiary/aromatic N) is 1. The predicted molar refractivity (Wildman–Crippen MR) is 75.0 cm³/mol. The van der Waals surface area contributed by atoms with Gasteiger partial charge in [0.15, 0.2) is 11.5 Å².